The molecule has 0 aliphatic carbocycles. The van der Waals surface area contributed by atoms with Crippen molar-refractivity contribution >= 4 is 0 Å². The van der Waals surface area contributed by atoms with Gasteiger partial charge in [-0.15, -0.1) is 0 Å². The molecule has 2 aromatic carbocycles. The molecule has 0 atom stereocenters. The van der Waals surface area contributed by atoms with E-state index in [0.717, 1.165) is 16.7 Å². The summed E-state index contributed by atoms with van der Waals surface area (Å²) in [5.74, 6) is -1.33. The van der Waals surface area contributed by atoms with Crippen LogP contribution >= 0.6 is 0 Å². The van der Waals surface area contributed by atoms with E-state index in [0.29, 0.717) is 5.56 Å². The second kappa shape index (κ2) is 5.57. The zero-order valence-electron chi connectivity index (χ0n) is 9.64. The summed E-state index contributed by atoms with van der Waals surface area (Å²) in [4.78, 5) is 0. The van der Waals surface area contributed by atoms with Gasteiger partial charge in [-0.25, -0.2) is 8.78 Å². The number of rotatable bonds is 1. The molecule has 17 heavy (non-hydrogen) atoms. The largest absolute Gasteiger partial charge is 0.206 e. The van der Waals surface area contributed by atoms with Crippen LogP contribution in [0.15, 0.2) is 30.3 Å². The van der Waals surface area contributed by atoms with Gasteiger partial charge in [0.1, 0.15) is 11.6 Å². The van der Waals surface area contributed by atoms with Crippen molar-refractivity contribution in [2.75, 3.05) is 0 Å². The van der Waals surface area contributed by atoms with Crippen molar-refractivity contribution in [1.29, 1.82) is 0 Å². The van der Waals surface area contributed by atoms with Crippen LogP contribution in [-0.2, 0) is 21.7 Å². The fourth-order valence-corrected chi connectivity index (χ4v) is 1.58. The summed E-state index contributed by atoms with van der Waals surface area (Å²) in [6.45, 7) is 3.95. The van der Waals surface area contributed by atoms with Gasteiger partial charge in [0, 0.05) is 27.3 Å². The molecule has 0 aromatic heterocycles. The maximum atomic E-state index is 13.5. The molecule has 0 saturated heterocycles. The first-order valence-corrected chi connectivity index (χ1v) is 5.03. The van der Waals surface area contributed by atoms with Gasteiger partial charge in [-0.1, -0.05) is 18.2 Å². The third kappa shape index (κ3) is 3.02. The molecule has 0 heterocycles. The van der Waals surface area contributed by atoms with E-state index < -0.39 is 11.6 Å². The minimum atomic E-state index is -0.676. The smallest absolute Gasteiger partial charge is 0.142 e. The number of aryl methyl sites for hydroxylation is 2. The van der Waals surface area contributed by atoms with Gasteiger partial charge in [0.15, 0.2) is 0 Å². The Morgan fingerprint density at radius 1 is 0.941 bits per heavy atom. The van der Waals surface area contributed by atoms with Crippen molar-refractivity contribution in [3.8, 4) is 11.1 Å². The van der Waals surface area contributed by atoms with Crippen LogP contribution in [-0.4, -0.2) is 0 Å². The summed E-state index contributed by atoms with van der Waals surface area (Å²) in [7, 11) is 0. The summed E-state index contributed by atoms with van der Waals surface area (Å²) in [5, 5.41) is 0. The monoisotopic (exact) mass is 265 g/mol. The Balaban J connectivity index is 0.00000144. The molecule has 0 amide bonds. The van der Waals surface area contributed by atoms with Crippen molar-refractivity contribution in [3.63, 3.8) is 0 Å². The Bertz CT molecular complexity index is 536. The van der Waals surface area contributed by atoms with Gasteiger partial charge in [0.2, 0.25) is 0 Å². The molecule has 3 heteroatoms. The minimum Gasteiger partial charge on any atom is -0.206 e. The van der Waals surface area contributed by atoms with Gasteiger partial charge < -0.3 is 0 Å². The van der Waals surface area contributed by atoms with Crippen LogP contribution in [0.2, 0.25) is 0 Å². The molecule has 0 fully saturated rings. The third-order valence-corrected chi connectivity index (χ3v) is 2.68. The zero-order valence-corrected chi connectivity index (χ0v) is 11.2. The van der Waals surface area contributed by atoms with Crippen molar-refractivity contribution in [2.45, 2.75) is 13.8 Å². The SMILES string of the molecule is Cc1ccc(-c2ccc(F)[c]c2F)cc1C.[Ti]. The zero-order chi connectivity index (χ0) is 11.7. The molecule has 85 valence electrons. The van der Waals surface area contributed by atoms with Gasteiger partial charge in [-0.2, -0.15) is 0 Å². The van der Waals surface area contributed by atoms with Gasteiger partial charge in [0.25, 0.3) is 0 Å². The van der Waals surface area contributed by atoms with Crippen LogP contribution in [0, 0.1) is 31.5 Å². The molecule has 0 aliphatic heterocycles. The molecular weight excluding hydrogens is 254 g/mol. The fraction of sp³-hybridized carbons (Fsp3) is 0.143. The molecular formula is C14H11F2Ti. The Morgan fingerprint density at radius 2 is 1.65 bits per heavy atom. The molecule has 0 nitrogen and oxygen atoms in total. The topological polar surface area (TPSA) is 0 Å². The van der Waals surface area contributed by atoms with E-state index in [1.54, 1.807) is 0 Å². The Morgan fingerprint density at radius 3 is 2.24 bits per heavy atom. The predicted octanol–water partition coefficient (Wildman–Crippen LogP) is 4.05. The van der Waals surface area contributed by atoms with Crippen LogP contribution in [0.5, 0.6) is 0 Å². The van der Waals surface area contributed by atoms with E-state index in [-0.39, 0.29) is 21.7 Å². The number of halogens is 2. The molecule has 0 aliphatic rings. The number of hydrogen-bond acceptors (Lipinski definition) is 0. The van der Waals surface area contributed by atoms with Gasteiger partial charge in [-0.05, 0) is 42.7 Å². The van der Waals surface area contributed by atoms with E-state index in [9.17, 15) is 8.78 Å². The first-order valence-electron chi connectivity index (χ1n) is 5.03. The molecule has 0 bridgehead atoms. The van der Waals surface area contributed by atoms with E-state index in [2.05, 4.69) is 0 Å². The Kier molecular flexibility index (Phi) is 4.61. The summed E-state index contributed by atoms with van der Waals surface area (Å²) in [6.07, 6.45) is 0. The standard InChI is InChI=1S/C14H11F2.Ti/c1-9-3-4-11(7-10(9)2)13-6-5-12(15)8-14(13)16;/h3-7H,1-2H3;. The summed E-state index contributed by atoms with van der Waals surface area (Å²) in [5.41, 5.74) is 3.36. The Hall–Kier alpha value is -0.986. The molecule has 2 aromatic rings. The molecule has 0 N–H and O–H groups in total. The van der Waals surface area contributed by atoms with Crippen LogP contribution in [0.3, 0.4) is 0 Å². The molecule has 0 unspecified atom stereocenters. The van der Waals surface area contributed by atoms with Gasteiger partial charge in [0.05, 0.1) is 6.07 Å². The number of benzene rings is 2. The number of hydrogen-bond donors (Lipinski definition) is 0. The third-order valence-electron chi connectivity index (χ3n) is 2.68. The van der Waals surface area contributed by atoms with E-state index in [1.807, 2.05) is 38.1 Å². The van der Waals surface area contributed by atoms with Crippen LogP contribution in [0.25, 0.3) is 11.1 Å². The van der Waals surface area contributed by atoms with E-state index in [4.69, 9.17) is 0 Å². The van der Waals surface area contributed by atoms with Crippen molar-refractivity contribution in [3.05, 3.63) is 59.2 Å². The maximum Gasteiger partial charge on any atom is 0.142 e. The van der Waals surface area contributed by atoms with Gasteiger partial charge >= 0.3 is 0 Å². The second-order valence-corrected chi connectivity index (χ2v) is 3.83. The van der Waals surface area contributed by atoms with Crippen molar-refractivity contribution in [2.24, 2.45) is 0 Å². The Labute approximate surface area is 115 Å². The van der Waals surface area contributed by atoms with E-state index in [1.165, 1.54) is 12.1 Å². The first-order chi connectivity index (χ1) is 7.58. The first kappa shape index (κ1) is 14.1. The summed E-state index contributed by atoms with van der Waals surface area (Å²) >= 11 is 0. The molecule has 0 spiro atoms. The second-order valence-electron chi connectivity index (χ2n) is 3.83. The molecule has 1 radical (unpaired) electrons. The summed E-state index contributed by atoms with van der Waals surface area (Å²) in [6, 6.07) is 10.3. The van der Waals surface area contributed by atoms with E-state index >= 15 is 0 Å². The van der Waals surface area contributed by atoms with Crippen LogP contribution in [0.4, 0.5) is 8.78 Å². The molecule has 2 rings (SSSR count). The maximum absolute atomic E-state index is 13.5. The predicted molar refractivity (Wildman–Crippen MR) is 60.1 cm³/mol. The van der Waals surface area contributed by atoms with Gasteiger partial charge in [-0.3, -0.25) is 0 Å². The fourth-order valence-electron chi connectivity index (χ4n) is 1.58. The van der Waals surface area contributed by atoms with Crippen molar-refractivity contribution in [1.82, 2.24) is 0 Å². The van der Waals surface area contributed by atoms with Crippen molar-refractivity contribution < 1.29 is 30.5 Å². The average Bonchev–Trinajstić information content (AvgIpc) is 2.22. The summed E-state index contributed by atoms with van der Waals surface area (Å²) < 4.78 is 26.2. The average molecular weight is 265 g/mol. The molecule has 0 saturated carbocycles. The van der Waals surface area contributed by atoms with Crippen LogP contribution < -0.4 is 0 Å². The normalized spacial score (nSPS) is 9.88. The van der Waals surface area contributed by atoms with Crippen LogP contribution in [0.1, 0.15) is 11.1 Å². The quantitative estimate of drug-likeness (QED) is 0.682. The minimum absolute atomic E-state index is 0.